The number of hydrogen-bond donors (Lipinski definition) is 1. The Morgan fingerprint density at radius 1 is 1.17 bits per heavy atom. The van der Waals surface area contributed by atoms with Gasteiger partial charge in [0.25, 0.3) is 5.56 Å². The van der Waals surface area contributed by atoms with Crippen molar-refractivity contribution in [2.75, 3.05) is 6.54 Å². The molecule has 1 amide bonds. The van der Waals surface area contributed by atoms with Crippen molar-refractivity contribution in [1.82, 2.24) is 9.88 Å². The van der Waals surface area contributed by atoms with Crippen LogP contribution in [-0.2, 0) is 16.8 Å². The van der Waals surface area contributed by atoms with Gasteiger partial charge in [-0.15, -0.1) is 0 Å². The van der Waals surface area contributed by atoms with Gasteiger partial charge >= 0.3 is 0 Å². The van der Waals surface area contributed by atoms with E-state index in [4.69, 9.17) is 0 Å². The molecule has 1 heterocycles. The quantitative estimate of drug-likeness (QED) is 0.825. The molecule has 1 aliphatic rings. The van der Waals surface area contributed by atoms with Gasteiger partial charge in [-0.05, 0) is 36.6 Å². The van der Waals surface area contributed by atoms with Crippen molar-refractivity contribution >= 4 is 21.8 Å². The monoisotopic (exact) mass is 388 g/mol. The maximum Gasteiger partial charge on any atom is 0.250 e. The molecule has 0 spiro atoms. The van der Waals surface area contributed by atoms with E-state index in [1.165, 1.54) is 18.1 Å². The Bertz CT molecular complexity index is 763. The average Bonchev–Trinajstić information content (AvgIpc) is 2.54. The van der Waals surface area contributed by atoms with E-state index in [1.54, 1.807) is 22.9 Å². The molecule has 1 aliphatic carbocycles. The Balaban J connectivity index is 1.56. The number of aryl methyl sites for hydroxylation is 1. The van der Waals surface area contributed by atoms with E-state index in [-0.39, 0.29) is 16.9 Å². The lowest BCUT2D eigenvalue weighted by atomic mass is 9.64. The summed E-state index contributed by atoms with van der Waals surface area (Å²) in [6.45, 7) is 1.08. The van der Waals surface area contributed by atoms with Gasteiger partial charge in [0, 0.05) is 41.7 Å². The maximum absolute atomic E-state index is 12.2. The Morgan fingerprint density at radius 2 is 1.92 bits per heavy atom. The van der Waals surface area contributed by atoms with Crippen LogP contribution in [0.3, 0.4) is 0 Å². The molecule has 0 saturated heterocycles. The number of aromatic nitrogens is 1. The molecule has 24 heavy (non-hydrogen) atoms. The number of hydrogen-bond acceptors (Lipinski definition) is 2. The van der Waals surface area contributed by atoms with Crippen molar-refractivity contribution in [2.45, 2.75) is 37.6 Å². The number of carbonyl (C=O) groups excluding carboxylic acids is 1. The average molecular weight is 389 g/mol. The number of halogens is 1. The molecule has 0 atom stereocenters. The highest BCUT2D eigenvalue weighted by atomic mass is 79.9. The summed E-state index contributed by atoms with van der Waals surface area (Å²) >= 11 is 3.47. The minimum absolute atomic E-state index is 0.00543. The molecule has 2 aromatic rings. The lowest BCUT2D eigenvalue weighted by Crippen LogP contribution is -2.45. The molecule has 0 aliphatic heterocycles. The first kappa shape index (κ1) is 17.0. The molecule has 1 aromatic carbocycles. The second-order valence-corrected chi connectivity index (χ2v) is 7.32. The lowest BCUT2D eigenvalue weighted by Gasteiger charge is -2.42. The third-order valence-electron chi connectivity index (χ3n) is 4.87. The van der Waals surface area contributed by atoms with E-state index >= 15 is 0 Å². The first-order chi connectivity index (χ1) is 11.6. The highest BCUT2D eigenvalue weighted by Gasteiger charge is 2.38. The van der Waals surface area contributed by atoms with Crippen LogP contribution in [0.15, 0.2) is 57.9 Å². The standard InChI is InChI=1S/C19H21BrN2O2/c20-16-7-5-15(6-8-16)19(10-3-11-19)14-21-17(23)9-13-22-12-2-1-4-18(22)24/h1-2,4-8,12H,3,9-11,13-14H2,(H,21,23). The van der Waals surface area contributed by atoms with Gasteiger partial charge in [0.05, 0.1) is 0 Å². The summed E-state index contributed by atoms with van der Waals surface area (Å²) in [7, 11) is 0. The van der Waals surface area contributed by atoms with E-state index in [2.05, 4.69) is 45.5 Å². The van der Waals surface area contributed by atoms with Crippen LogP contribution in [0.5, 0.6) is 0 Å². The molecular formula is C19H21BrN2O2. The van der Waals surface area contributed by atoms with E-state index in [0.717, 1.165) is 17.3 Å². The molecule has 1 aromatic heterocycles. The summed E-state index contributed by atoms with van der Waals surface area (Å²) in [5.41, 5.74) is 1.28. The summed E-state index contributed by atoms with van der Waals surface area (Å²) in [6, 6.07) is 13.4. The summed E-state index contributed by atoms with van der Waals surface area (Å²) in [4.78, 5) is 23.8. The molecular weight excluding hydrogens is 368 g/mol. The highest BCUT2D eigenvalue weighted by molar-refractivity contribution is 9.10. The van der Waals surface area contributed by atoms with Gasteiger partial charge in [0.15, 0.2) is 0 Å². The first-order valence-corrected chi connectivity index (χ1v) is 9.07. The number of carbonyl (C=O) groups is 1. The zero-order valence-electron chi connectivity index (χ0n) is 13.5. The van der Waals surface area contributed by atoms with Crippen molar-refractivity contribution in [3.8, 4) is 0 Å². The second-order valence-electron chi connectivity index (χ2n) is 6.40. The molecule has 1 fully saturated rings. The van der Waals surface area contributed by atoms with Crippen molar-refractivity contribution in [2.24, 2.45) is 0 Å². The fourth-order valence-corrected chi connectivity index (χ4v) is 3.46. The number of nitrogens with zero attached hydrogens (tertiary/aromatic N) is 1. The van der Waals surface area contributed by atoms with Gasteiger partial charge in [0.1, 0.15) is 0 Å². The van der Waals surface area contributed by atoms with Crippen molar-refractivity contribution in [3.05, 3.63) is 69.1 Å². The zero-order valence-corrected chi connectivity index (χ0v) is 15.1. The third-order valence-corrected chi connectivity index (χ3v) is 5.40. The van der Waals surface area contributed by atoms with Gasteiger partial charge in [-0.2, -0.15) is 0 Å². The fraction of sp³-hybridized carbons (Fsp3) is 0.368. The summed E-state index contributed by atoms with van der Waals surface area (Å²) in [5.74, 6) is -0.00543. The van der Waals surface area contributed by atoms with Gasteiger partial charge < -0.3 is 9.88 Å². The highest BCUT2D eigenvalue weighted by Crippen LogP contribution is 2.43. The number of pyridine rings is 1. The number of rotatable bonds is 6. The van der Waals surface area contributed by atoms with Crippen LogP contribution in [0, 0.1) is 0 Å². The molecule has 4 nitrogen and oxygen atoms in total. The molecule has 0 bridgehead atoms. The smallest absolute Gasteiger partial charge is 0.250 e. The Labute approximate surface area is 150 Å². The first-order valence-electron chi connectivity index (χ1n) is 8.27. The maximum atomic E-state index is 12.2. The second kappa shape index (κ2) is 7.34. The van der Waals surface area contributed by atoms with Crippen LogP contribution in [-0.4, -0.2) is 17.0 Å². The molecule has 0 unspecified atom stereocenters. The van der Waals surface area contributed by atoms with E-state index in [1.807, 2.05) is 0 Å². The van der Waals surface area contributed by atoms with Crippen LogP contribution >= 0.6 is 15.9 Å². The fourth-order valence-electron chi connectivity index (χ4n) is 3.20. The van der Waals surface area contributed by atoms with Crippen molar-refractivity contribution in [3.63, 3.8) is 0 Å². The molecule has 126 valence electrons. The SMILES string of the molecule is O=C(CCn1ccccc1=O)NCC1(c2ccc(Br)cc2)CCC1. The zero-order chi connectivity index (χ0) is 17.0. The largest absolute Gasteiger partial charge is 0.355 e. The van der Waals surface area contributed by atoms with Crippen molar-refractivity contribution in [1.29, 1.82) is 0 Å². The van der Waals surface area contributed by atoms with Crippen molar-refractivity contribution < 1.29 is 4.79 Å². The number of amides is 1. The topological polar surface area (TPSA) is 51.1 Å². The summed E-state index contributed by atoms with van der Waals surface area (Å²) < 4.78 is 2.63. The van der Waals surface area contributed by atoms with Gasteiger partial charge in [-0.1, -0.05) is 40.5 Å². The predicted molar refractivity (Wildman–Crippen MR) is 98.0 cm³/mol. The van der Waals surface area contributed by atoms with Crippen LogP contribution < -0.4 is 10.9 Å². The van der Waals surface area contributed by atoms with Gasteiger partial charge in [-0.25, -0.2) is 0 Å². The Hall–Kier alpha value is -1.88. The van der Waals surface area contributed by atoms with Crippen LogP contribution in [0.2, 0.25) is 0 Å². The van der Waals surface area contributed by atoms with Crippen LogP contribution in [0.1, 0.15) is 31.2 Å². The lowest BCUT2D eigenvalue weighted by molar-refractivity contribution is -0.121. The third kappa shape index (κ3) is 3.78. The van der Waals surface area contributed by atoms with Gasteiger partial charge in [-0.3, -0.25) is 9.59 Å². The predicted octanol–water partition coefficient (Wildman–Crippen LogP) is 3.24. The number of benzene rings is 1. The van der Waals surface area contributed by atoms with E-state index in [9.17, 15) is 9.59 Å². The minimum Gasteiger partial charge on any atom is -0.355 e. The minimum atomic E-state index is -0.0735. The summed E-state index contributed by atoms with van der Waals surface area (Å²) in [6.07, 6.45) is 5.44. The normalized spacial score (nSPS) is 15.5. The molecule has 1 saturated carbocycles. The van der Waals surface area contributed by atoms with Crippen LogP contribution in [0.25, 0.3) is 0 Å². The van der Waals surface area contributed by atoms with E-state index < -0.39 is 0 Å². The van der Waals surface area contributed by atoms with Crippen LogP contribution in [0.4, 0.5) is 0 Å². The summed E-state index contributed by atoms with van der Waals surface area (Å²) in [5, 5.41) is 3.06. The van der Waals surface area contributed by atoms with Gasteiger partial charge in [0.2, 0.25) is 5.91 Å². The molecule has 0 radical (unpaired) electrons. The van der Waals surface area contributed by atoms with E-state index in [0.29, 0.717) is 19.5 Å². The Morgan fingerprint density at radius 3 is 2.54 bits per heavy atom. The molecule has 5 heteroatoms. The molecule has 3 rings (SSSR count). The molecule has 1 N–H and O–H groups in total. The Kier molecular flexibility index (Phi) is 5.19. The number of nitrogens with one attached hydrogen (secondary N) is 1.